The van der Waals surface area contributed by atoms with Gasteiger partial charge >= 0.3 is 5.97 Å². The van der Waals surface area contributed by atoms with E-state index in [1.165, 1.54) is 62.3 Å². The van der Waals surface area contributed by atoms with Crippen molar-refractivity contribution in [2.45, 2.75) is 95.9 Å². The van der Waals surface area contributed by atoms with Crippen LogP contribution in [0.5, 0.6) is 11.5 Å². The number of ether oxygens (including phenoxy) is 3. The van der Waals surface area contributed by atoms with Crippen molar-refractivity contribution in [3.8, 4) is 11.5 Å². The second-order valence-corrected chi connectivity index (χ2v) is 17.9. The normalized spacial score (nSPS) is 14.8. The van der Waals surface area contributed by atoms with Crippen molar-refractivity contribution in [1.29, 1.82) is 0 Å². The van der Waals surface area contributed by atoms with Crippen molar-refractivity contribution >= 4 is 53.1 Å². The number of hydrogen-bond donors (Lipinski definition) is 5. The Kier molecular flexibility index (Phi) is 23.3. The molecule has 5 N–H and O–H groups in total. The van der Waals surface area contributed by atoms with Gasteiger partial charge in [-0.3, -0.25) is 43.2 Å². The van der Waals surface area contributed by atoms with Crippen LogP contribution in [0.15, 0.2) is 104 Å². The maximum atomic E-state index is 14.2. The molecule has 0 spiro atoms. The first-order chi connectivity index (χ1) is 35.0. The maximum Gasteiger partial charge on any atom is 0.309 e. The highest BCUT2D eigenvalue weighted by Gasteiger charge is 2.38. The summed E-state index contributed by atoms with van der Waals surface area (Å²) in [5.41, 5.74) is 1.63. The summed E-state index contributed by atoms with van der Waals surface area (Å²) in [6.45, 7) is 8.47. The molecule has 1 aliphatic rings. The van der Waals surface area contributed by atoms with Crippen LogP contribution in [0.4, 0.5) is 0 Å². The number of Topliss-reactive ketones (excluding diaryl/α,β-unsaturated/α-hetero) is 1. The van der Waals surface area contributed by atoms with E-state index < -0.39 is 89.2 Å². The molecule has 392 valence electrons. The number of hydrogen-bond acceptors (Lipinski definition) is 12. The molecule has 19 nitrogen and oxygen atoms in total. The van der Waals surface area contributed by atoms with Gasteiger partial charge in [0.15, 0.2) is 11.5 Å². The summed E-state index contributed by atoms with van der Waals surface area (Å²) in [4.78, 5) is 124. The van der Waals surface area contributed by atoms with Crippen molar-refractivity contribution in [1.82, 2.24) is 36.4 Å². The van der Waals surface area contributed by atoms with Gasteiger partial charge in [-0.05, 0) is 74.3 Å². The van der Waals surface area contributed by atoms with E-state index >= 15 is 0 Å². The summed E-state index contributed by atoms with van der Waals surface area (Å²) in [6, 6.07) is 16.7. The van der Waals surface area contributed by atoms with E-state index in [9.17, 15) is 43.2 Å². The Labute approximate surface area is 426 Å². The smallest absolute Gasteiger partial charge is 0.309 e. The summed E-state index contributed by atoms with van der Waals surface area (Å²) in [5, 5.41) is 13.6. The highest BCUT2D eigenvalue weighted by molar-refractivity contribution is 6.43. The fourth-order valence-electron chi connectivity index (χ4n) is 7.91. The van der Waals surface area contributed by atoms with E-state index in [0.29, 0.717) is 25.0 Å². The average molecular weight is 1010 g/mol. The summed E-state index contributed by atoms with van der Waals surface area (Å²) >= 11 is 0. The molecule has 5 unspecified atom stereocenters. The number of aryl methyl sites for hydroxylation is 1. The lowest BCUT2D eigenvalue weighted by Crippen LogP contribution is -2.60. The van der Waals surface area contributed by atoms with Crippen molar-refractivity contribution in [3.63, 3.8) is 0 Å². The van der Waals surface area contributed by atoms with E-state index in [1.54, 1.807) is 56.3 Å². The van der Waals surface area contributed by atoms with Gasteiger partial charge in [-0.2, -0.15) is 0 Å². The summed E-state index contributed by atoms with van der Waals surface area (Å²) < 4.78 is 15.5. The quantitative estimate of drug-likeness (QED) is 0.0320. The minimum absolute atomic E-state index is 0.0323. The van der Waals surface area contributed by atoms with Crippen LogP contribution in [0.3, 0.4) is 0 Å². The van der Waals surface area contributed by atoms with Crippen LogP contribution in [-0.4, -0.2) is 141 Å². The molecule has 3 aromatic rings. The van der Waals surface area contributed by atoms with E-state index in [4.69, 9.17) is 9.47 Å². The SMILES string of the molecule is C=CCOc1cc(C(=O)C(=O)N2CCCCC2C(=O)NC(CCc2ccccc2)C(=O)NC(C)C(=O)NC(C(=O)NC(Cc2ccccc2)C(=O)N(C)CC(=O)NC/C=C/CC(=O)OC)C(C)C)ccc1OC. The number of carbonyl (C=O) groups excluding carboxylic acids is 9. The fourth-order valence-corrected chi connectivity index (χ4v) is 7.91. The van der Waals surface area contributed by atoms with Crippen molar-refractivity contribution < 1.29 is 57.4 Å². The van der Waals surface area contributed by atoms with E-state index in [2.05, 4.69) is 37.9 Å². The van der Waals surface area contributed by atoms with Crippen LogP contribution >= 0.6 is 0 Å². The molecule has 73 heavy (non-hydrogen) atoms. The number of likely N-dealkylation sites (N-methyl/N-ethyl adjacent to an activating group) is 1. The van der Waals surface area contributed by atoms with Crippen molar-refractivity contribution in [2.24, 2.45) is 5.92 Å². The molecule has 0 saturated carbocycles. The molecule has 1 fully saturated rings. The van der Waals surface area contributed by atoms with Gasteiger partial charge in [0.1, 0.15) is 36.8 Å². The molecule has 4 rings (SSSR count). The number of methoxy groups -OCH3 is 2. The summed E-state index contributed by atoms with van der Waals surface area (Å²) in [7, 11) is 4.13. The molecule has 19 heteroatoms. The van der Waals surface area contributed by atoms with Gasteiger partial charge < -0.3 is 50.6 Å². The molecule has 7 amide bonds. The molecular weight excluding hydrogens is 939 g/mol. The summed E-state index contributed by atoms with van der Waals surface area (Å²) in [6.07, 6.45) is 6.55. The Bertz CT molecular complexity index is 2430. The zero-order valence-corrected chi connectivity index (χ0v) is 42.5. The number of likely N-dealkylation sites (tertiary alicyclic amines) is 1. The number of amides is 7. The zero-order chi connectivity index (χ0) is 53.5. The molecule has 0 radical (unpaired) electrons. The minimum atomic E-state index is -1.23. The van der Waals surface area contributed by atoms with Gasteiger partial charge in [0, 0.05) is 32.1 Å². The molecule has 3 aromatic carbocycles. The molecule has 5 atom stereocenters. The van der Waals surface area contributed by atoms with E-state index in [-0.39, 0.29) is 63.2 Å². The van der Waals surface area contributed by atoms with Gasteiger partial charge in [0.2, 0.25) is 35.4 Å². The first-order valence-corrected chi connectivity index (χ1v) is 24.3. The van der Waals surface area contributed by atoms with Gasteiger partial charge in [0.25, 0.3) is 11.7 Å². The monoisotopic (exact) mass is 1010 g/mol. The van der Waals surface area contributed by atoms with Gasteiger partial charge in [-0.15, -0.1) is 0 Å². The number of rotatable bonds is 27. The highest BCUT2D eigenvalue weighted by Crippen LogP contribution is 2.29. The van der Waals surface area contributed by atoms with Crippen LogP contribution < -0.4 is 36.1 Å². The average Bonchev–Trinajstić information content (AvgIpc) is 3.39. The van der Waals surface area contributed by atoms with Crippen LogP contribution in [-0.2, 0) is 55.9 Å². The largest absolute Gasteiger partial charge is 0.493 e. The number of carbonyl (C=O) groups is 9. The summed E-state index contributed by atoms with van der Waals surface area (Å²) in [5.74, 6) is -5.93. The molecule has 0 bridgehead atoms. The molecule has 0 aliphatic carbocycles. The predicted molar refractivity (Wildman–Crippen MR) is 272 cm³/mol. The highest BCUT2D eigenvalue weighted by atomic mass is 16.5. The lowest BCUT2D eigenvalue weighted by molar-refractivity contribution is -0.140. The van der Waals surface area contributed by atoms with Crippen molar-refractivity contribution in [3.05, 3.63) is 120 Å². The second kappa shape index (κ2) is 29.5. The fraction of sp³-hybridized carbons (Fsp3) is 0.426. The number of nitrogens with zero attached hydrogens (tertiary/aromatic N) is 2. The number of piperidine rings is 1. The Morgan fingerprint density at radius 2 is 1.47 bits per heavy atom. The molecule has 1 aliphatic heterocycles. The third-order valence-corrected chi connectivity index (χ3v) is 12.0. The van der Waals surface area contributed by atoms with Crippen LogP contribution in [0.1, 0.15) is 74.4 Å². The number of benzene rings is 3. The minimum Gasteiger partial charge on any atom is -0.493 e. The standard InChI is InChI=1S/C54H69N7O12/c1-8-31-73-44-33-39(26-28-43(44)71-6)48(64)54(70)61-30-18-16-23-42(61)51(67)57-40(27-25-37-19-11-9-12-20-37)50(66)56-36(4)49(65)59-47(35(2)3)52(68)58-41(32-38-21-13-10-14-22-38)53(69)60(5)34-45(62)55-29-17-15-24-46(63)72-7/h8-15,17,19-22,26,28,33,35-36,40-42,47H,1,16,18,23-25,27,29-32,34H2,2-7H3,(H,55,62)(H,56,66)(H,57,67)(H,58,68)(H,59,65)/b17-15+. The third kappa shape index (κ3) is 18.1. The molecular formula is C54H69N7O12. The van der Waals surface area contributed by atoms with Gasteiger partial charge in [-0.1, -0.05) is 99.3 Å². The van der Waals surface area contributed by atoms with Crippen LogP contribution in [0.2, 0.25) is 0 Å². The van der Waals surface area contributed by atoms with Crippen LogP contribution in [0, 0.1) is 5.92 Å². The Morgan fingerprint density at radius 3 is 2.11 bits per heavy atom. The topological polar surface area (TPSA) is 248 Å². The first-order valence-electron chi connectivity index (χ1n) is 24.3. The predicted octanol–water partition coefficient (Wildman–Crippen LogP) is 3.01. The zero-order valence-electron chi connectivity index (χ0n) is 42.5. The van der Waals surface area contributed by atoms with E-state index in [0.717, 1.165) is 11.1 Å². The van der Waals surface area contributed by atoms with Gasteiger partial charge in [-0.25, -0.2) is 0 Å². The van der Waals surface area contributed by atoms with Crippen molar-refractivity contribution in [2.75, 3.05) is 47.5 Å². The second-order valence-electron chi connectivity index (χ2n) is 17.9. The first kappa shape index (κ1) is 57.7. The molecule has 0 aromatic heterocycles. The number of esters is 1. The Hall–Kier alpha value is -7.83. The van der Waals surface area contributed by atoms with E-state index in [1.807, 2.05) is 30.3 Å². The molecule has 1 saturated heterocycles. The Morgan fingerprint density at radius 1 is 0.781 bits per heavy atom. The van der Waals surface area contributed by atoms with Crippen LogP contribution in [0.25, 0.3) is 0 Å². The lowest BCUT2D eigenvalue weighted by Gasteiger charge is -2.35. The third-order valence-electron chi connectivity index (χ3n) is 12.0. The number of nitrogens with one attached hydrogen (secondary N) is 5. The number of ketones is 1. The molecule has 1 heterocycles. The lowest BCUT2D eigenvalue weighted by atomic mass is 9.98. The Balaban J connectivity index is 1.47. The van der Waals surface area contributed by atoms with Gasteiger partial charge in [0.05, 0.1) is 27.2 Å². The maximum absolute atomic E-state index is 14.2.